The van der Waals surface area contributed by atoms with Crippen molar-refractivity contribution < 1.29 is 9.53 Å². The van der Waals surface area contributed by atoms with Gasteiger partial charge < -0.3 is 15.4 Å². The molecule has 1 aromatic heterocycles. The van der Waals surface area contributed by atoms with Crippen LogP contribution in [-0.4, -0.2) is 37.7 Å². The number of hydrogen-bond donors (Lipinski definition) is 2. The lowest BCUT2D eigenvalue weighted by Crippen LogP contribution is -2.47. The van der Waals surface area contributed by atoms with Crippen LogP contribution >= 0.6 is 11.3 Å². The molecule has 0 spiro atoms. The monoisotopic (exact) mass is 295 g/mol. The van der Waals surface area contributed by atoms with Crippen LogP contribution in [0.25, 0.3) is 0 Å². The van der Waals surface area contributed by atoms with Crippen molar-refractivity contribution in [2.24, 2.45) is 5.41 Å². The first-order chi connectivity index (χ1) is 9.73. The maximum absolute atomic E-state index is 12.6. The van der Waals surface area contributed by atoms with Gasteiger partial charge in [0, 0.05) is 18.4 Å². The molecule has 20 heavy (non-hydrogen) atoms. The molecule has 0 bridgehead atoms. The second-order valence-corrected chi connectivity index (χ2v) is 6.63. The van der Waals surface area contributed by atoms with E-state index < -0.39 is 5.41 Å². The van der Waals surface area contributed by atoms with E-state index >= 15 is 0 Å². The molecule has 0 radical (unpaired) electrons. The molecule has 5 nitrogen and oxygen atoms in total. The fourth-order valence-electron chi connectivity index (χ4n) is 2.76. The van der Waals surface area contributed by atoms with Crippen molar-refractivity contribution in [1.82, 2.24) is 10.3 Å². The van der Waals surface area contributed by atoms with Gasteiger partial charge in [0.25, 0.3) is 0 Å². The standard InChI is InChI=1S/C14H21N3O2S/c1-19-9-14(4-6-15-7-5-14)12(18)17-13-16-11(8-20-13)10-2-3-10/h8,10,15H,2-7,9H2,1H3,(H,16,17,18). The number of anilines is 1. The number of rotatable bonds is 5. The van der Waals surface area contributed by atoms with Crippen molar-refractivity contribution in [3.63, 3.8) is 0 Å². The number of carbonyl (C=O) groups excluding carboxylic acids is 1. The smallest absolute Gasteiger partial charge is 0.234 e. The zero-order valence-corrected chi connectivity index (χ0v) is 12.6. The summed E-state index contributed by atoms with van der Waals surface area (Å²) in [6.07, 6.45) is 4.09. The summed E-state index contributed by atoms with van der Waals surface area (Å²) in [4.78, 5) is 17.2. The van der Waals surface area contributed by atoms with Crippen molar-refractivity contribution >= 4 is 22.4 Å². The van der Waals surface area contributed by atoms with E-state index in [1.165, 1.54) is 24.2 Å². The Morgan fingerprint density at radius 2 is 2.30 bits per heavy atom. The Kier molecular flexibility index (Phi) is 4.05. The number of methoxy groups -OCH3 is 1. The first-order valence-electron chi connectivity index (χ1n) is 7.20. The summed E-state index contributed by atoms with van der Waals surface area (Å²) in [6.45, 7) is 2.20. The molecule has 1 aliphatic carbocycles. The SMILES string of the molecule is COCC1(C(=O)Nc2nc(C3CC3)cs2)CCNCC1. The molecule has 110 valence electrons. The number of nitrogens with one attached hydrogen (secondary N) is 2. The van der Waals surface area contributed by atoms with Crippen molar-refractivity contribution in [3.05, 3.63) is 11.1 Å². The number of aromatic nitrogens is 1. The van der Waals surface area contributed by atoms with E-state index in [0.29, 0.717) is 12.5 Å². The Balaban J connectivity index is 1.68. The van der Waals surface area contributed by atoms with E-state index in [1.807, 2.05) is 0 Å². The Morgan fingerprint density at radius 3 is 2.95 bits per heavy atom. The maximum Gasteiger partial charge on any atom is 0.234 e. The average Bonchev–Trinajstić information content (AvgIpc) is 3.21. The van der Waals surface area contributed by atoms with Gasteiger partial charge in [-0.25, -0.2) is 4.98 Å². The second-order valence-electron chi connectivity index (χ2n) is 5.77. The van der Waals surface area contributed by atoms with E-state index in [9.17, 15) is 4.79 Å². The summed E-state index contributed by atoms with van der Waals surface area (Å²) < 4.78 is 5.29. The molecular formula is C14H21N3O2S. The van der Waals surface area contributed by atoms with E-state index in [1.54, 1.807) is 7.11 Å². The Hall–Kier alpha value is -0.980. The van der Waals surface area contributed by atoms with Crippen molar-refractivity contribution in [2.45, 2.75) is 31.6 Å². The van der Waals surface area contributed by atoms with Crippen LogP contribution in [0.3, 0.4) is 0 Å². The van der Waals surface area contributed by atoms with Crippen LogP contribution < -0.4 is 10.6 Å². The molecule has 1 saturated heterocycles. The summed E-state index contributed by atoms with van der Waals surface area (Å²) in [5.41, 5.74) is 0.724. The van der Waals surface area contributed by atoms with Crippen molar-refractivity contribution in [3.8, 4) is 0 Å². The van der Waals surface area contributed by atoms with Gasteiger partial charge in [0.1, 0.15) is 0 Å². The highest BCUT2D eigenvalue weighted by atomic mass is 32.1. The third-order valence-electron chi connectivity index (χ3n) is 4.20. The average molecular weight is 295 g/mol. The van der Waals surface area contributed by atoms with Gasteiger partial charge in [0.2, 0.25) is 5.91 Å². The Morgan fingerprint density at radius 1 is 1.55 bits per heavy atom. The van der Waals surface area contributed by atoms with E-state index in [-0.39, 0.29) is 5.91 Å². The highest BCUT2D eigenvalue weighted by molar-refractivity contribution is 7.13. The molecule has 0 atom stereocenters. The van der Waals surface area contributed by atoms with E-state index in [4.69, 9.17) is 4.74 Å². The molecule has 2 N–H and O–H groups in total. The summed E-state index contributed by atoms with van der Waals surface area (Å²) in [5.74, 6) is 0.682. The third-order valence-corrected chi connectivity index (χ3v) is 4.98. The van der Waals surface area contributed by atoms with Gasteiger partial charge in [0.05, 0.1) is 17.7 Å². The number of ether oxygens (including phenoxy) is 1. The molecule has 1 aliphatic heterocycles. The largest absolute Gasteiger partial charge is 0.384 e. The van der Waals surface area contributed by atoms with E-state index in [2.05, 4.69) is 21.0 Å². The van der Waals surface area contributed by atoms with Gasteiger partial charge in [-0.3, -0.25) is 4.79 Å². The number of amides is 1. The van der Waals surface area contributed by atoms with Crippen LogP contribution in [0.4, 0.5) is 5.13 Å². The zero-order chi connectivity index (χ0) is 14.0. The van der Waals surface area contributed by atoms with Crippen molar-refractivity contribution in [2.75, 3.05) is 32.1 Å². The quantitative estimate of drug-likeness (QED) is 0.872. The van der Waals surface area contributed by atoms with Crippen LogP contribution in [0, 0.1) is 5.41 Å². The van der Waals surface area contributed by atoms with Crippen LogP contribution in [0.15, 0.2) is 5.38 Å². The lowest BCUT2D eigenvalue weighted by Gasteiger charge is -2.35. The summed E-state index contributed by atoms with van der Waals surface area (Å²) in [7, 11) is 1.66. The van der Waals surface area contributed by atoms with Gasteiger partial charge >= 0.3 is 0 Å². The van der Waals surface area contributed by atoms with E-state index in [0.717, 1.165) is 36.8 Å². The lowest BCUT2D eigenvalue weighted by molar-refractivity contribution is -0.130. The summed E-state index contributed by atoms with van der Waals surface area (Å²) in [5, 5.41) is 9.09. The summed E-state index contributed by atoms with van der Waals surface area (Å²) >= 11 is 1.53. The molecule has 0 aromatic carbocycles. The number of thiazole rings is 1. The highest BCUT2D eigenvalue weighted by Crippen LogP contribution is 2.41. The van der Waals surface area contributed by atoms with Crippen LogP contribution in [0.5, 0.6) is 0 Å². The Bertz CT molecular complexity index is 473. The minimum atomic E-state index is -0.411. The maximum atomic E-state index is 12.6. The number of nitrogens with zero attached hydrogens (tertiary/aromatic N) is 1. The number of hydrogen-bond acceptors (Lipinski definition) is 5. The normalized spacial score (nSPS) is 21.6. The highest BCUT2D eigenvalue weighted by Gasteiger charge is 2.40. The number of carbonyl (C=O) groups is 1. The minimum Gasteiger partial charge on any atom is -0.384 e. The third kappa shape index (κ3) is 2.87. The first-order valence-corrected chi connectivity index (χ1v) is 8.08. The molecule has 6 heteroatoms. The van der Waals surface area contributed by atoms with Crippen LogP contribution in [0.1, 0.15) is 37.3 Å². The minimum absolute atomic E-state index is 0.0533. The predicted octanol–water partition coefficient (Wildman–Crippen LogP) is 1.98. The lowest BCUT2D eigenvalue weighted by atomic mass is 9.79. The topological polar surface area (TPSA) is 63.2 Å². The van der Waals surface area contributed by atoms with Crippen LogP contribution in [0.2, 0.25) is 0 Å². The molecule has 2 fully saturated rings. The molecule has 1 saturated carbocycles. The molecule has 3 rings (SSSR count). The molecule has 2 aliphatic rings. The van der Waals surface area contributed by atoms with Gasteiger partial charge in [-0.1, -0.05) is 0 Å². The molecule has 2 heterocycles. The summed E-state index contributed by atoms with van der Waals surface area (Å²) in [6, 6.07) is 0. The molecular weight excluding hydrogens is 274 g/mol. The van der Waals surface area contributed by atoms with Crippen molar-refractivity contribution in [1.29, 1.82) is 0 Å². The first kappa shape index (κ1) is 14.0. The van der Waals surface area contributed by atoms with Gasteiger partial charge in [-0.15, -0.1) is 11.3 Å². The molecule has 1 amide bonds. The zero-order valence-electron chi connectivity index (χ0n) is 11.8. The van der Waals surface area contributed by atoms with Gasteiger partial charge in [-0.05, 0) is 38.8 Å². The van der Waals surface area contributed by atoms with Gasteiger partial charge in [-0.2, -0.15) is 0 Å². The molecule has 1 aromatic rings. The Labute approximate surface area is 123 Å². The second kappa shape index (κ2) is 5.79. The van der Waals surface area contributed by atoms with Crippen LogP contribution in [-0.2, 0) is 9.53 Å². The predicted molar refractivity (Wildman–Crippen MR) is 79.1 cm³/mol. The number of piperidine rings is 1. The fraction of sp³-hybridized carbons (Fsp3) is 0.714. The van der Waals surface area contributed by atoms with Gasteiger partial charge in [0.15, 0.2) is 5.13 Å². The molecule has 0 unspecified atom stereocenters. The fourth-order valence-corrected chi connectivity index (χ4v) is 3.55.